The molecule has 0 radical (unpaired) electrons. The van der Waals surface area contributed by atoms with Crippen molar-refractivity contribution in [1.29, 1.82) is 0 Å². The van der Waals surface area contributed by atoms with E-state index < -0.39 is 0 Å². The van der Waals surface area contributed by atoms with E-state index in [4.69, 9.17) is 0 Å². The highest BCUT2D eigenvalue weighted by atomic mass is 32.1. The predicted molar refractivity (Wildman–Crippen MR) is 104 cm³/mol. The van der Waals surface area contributed by atoms with Gasteiger partial charge in [0.15, 0.2) is 0 Å². The van der Waals surface area contributed by atoms with Crippen LogP contribution in [0.15, 0.2) is 40.6 Å². The molecule has 6 heteroatoms. The fourth-order valence-corrected chi connectivity index (χ4v) is 4.06. The van der Waals surface area contributed by atoms with Gasteiger partial charge in [0.25, 0.3) is 5.56 Å². The number of thiophene rings is 1. The van der Waals surface area contributed by atoms with Crippen molar-refractivity contribution in [3.05, 3.63) is 62.6 Å². The molecule has 0 saturated carbocycles. The van der Waals surface area contributed by atoms with E-state index in [-0.39, 0.29) is 5.56 Å². The van der Waals surface area contributed by atoms with Gasteiger partial charge in [-0.15, -0.1) is 11.3 Å². The lowest BCUT2D eigenvalue weighted by Gasteiger charge is -2.00. The van der Waals surface area contributed by atoms with Gasteiger partial charge in [-0.1, -0.05) is 25.1 Å². The van der Waals surface area contributed by atoms with Crippen LogP contribution in [0.5, 0.6) is 0 Å². The van der Waals surface area contributed by atoms with Gasteiger partial charge in [-0.25, -0.2) is 4.98 Å². The molecule has 0 aliphatic heterocycles. The van der Waals surface area contributed by atoms with Crippen LogP contribution in [0.2, 0.25) is 0 Å². The molecule has 126 valence electrons. The number of para-hydroxylation sites is 1. The molecular formula is C19H18N4OS. The highest BCUT2D eigenvalue weighted by Gasteiger charge is 2.11. The maximum atomic E-state index is 12.7. The number of aryl methyl sites for hydroxylation is 3. The second-order valence-electron chi connectivity index (χ2n) is 6.04. The average Bonchev–Trinajstić information content (AvgIpc) is 3.16. The number of hydrogen-bond acceptors (Lipinski definition) is 4. The molecule has 0 atom stereocenters. The van der Waals surface area contributed by atoms with Crippen molar-refractivity contribution < 1.29 is 0 Å². The van der Waals surface area contributed by atoms with Crippen LogP contribution in [0.3, 0.4) is 0 Å². The molecule has 0 saturated heterocycles. The van der Waals surface area contributed by atoms with Crippen molar-refractivity contribution >= 4 is 38.7 Å². The molecule has 4 aromatic rings. The zero-order chi connectivity index (χ0) is 17.6. The lowest BCUT2D eigenvalue weighted by atomic mass is 10.1. The molecule has 0 aliphatic rings. The Balaban J connectivity index is 1.80. The molecule has 0 bridgehead atoms. The summed E-state index contributed by atoms with van der Waals surface area (Å²) in [6.45, 7) is 6.10. The highest BCUT2D eigenvalue weighted by molar-refractivity contribution is 7.18. The zero-order valence-corrected chi connectivity index (χ0v) is 15.1. The van der Waals surface area contributed by atoms with E-state index >= 15 is 0 Å². The molecular weight excluding hydrogens is 332 g/mol. The lowest BCUT2D eigenvalue weighted by Crippen LogP contribution is -2.16. The van der Waals surface area contributed by atoms with Crippen LogP contribution < -0.4 is 5.56 Å². The Morgan fingerprint density at radius 3 is 3.00 bits per heavy atom. The summed E-state index contributed by atoms with van der Waals surface area (Å²) < 4.78 is 1.31. The van der Waals surface area contributed by atoms with Crippen molar-refractivity contribution in [2.45, 2.75) is 27.2 Å². The van der Waals surface area contributed by atoms with E-state index in [9.17, 15) is 4.79 Å². The molecule has 3 heterocycles. The molecule has 1 N–H and O–H groups in total. The minimum absolute atomic E-state index is 0.128. The van der Waals surface area contributed by atoms with Crippen LogP contribution in [0.4, 0.5) is 0 Å². The molecule has 0 aliphatic carbocycles. The molecule has 5 nitrogen and oxygen atoms in total. The Hall–Kier alpha value is -2.73. The quantitative estimate of drug-likeness (QED) is 0.568. The third-order valence-corrected chi connectivity index (χ3v) is 5.72. The van der Waals surface area contributed by atoms with Crippen LogP contribution in [0, 0.1) is 13.8 Å². The summed E-state index contributed by atoms with van der Waals surface area (Å²) >= 11 is 1.54. The Labute approximate surface area is 148 Å². The number of fused-ring (bicyclic) bond motifs is 2. The summed E-state index contributed by atoms with van der Waals surface area (Å²) in [7, 11) is 0. The van der Waals surface area contributed by atoms with Crippen LogP contribution in [-0.2, 0) is 6.42 Å². The standard InChI is InChI=1S/C19H18N4OS/c1-4-13-6-5-7-15-14(8-20-17(13)15)9-22-23-10-21-18-16(19(23)24)11(2)12(3)25-18/h5-10,20H,4H2,1-3H3/b22-9+. The molecule has 1 aromatic carbocycles. The number of nitrogens with zero attached hydrogens (tertiary/aromatic N) is 3. The van der Waals surface area contributed by atoms with Crippen molar-refractivity contribution in [1.82, 2.24) is 14.6 Å². The van der Waals surface area contributed by atoms with Crippen LogP contribution in [0.1, 0.15) is 28.5 Å². The van der Waals surface area contributed by atoms with Crippen LogP contribution in [0.25, 0.3) is 21.1 Å². The van der Waals surface area contributed by atoms with E-state index in [1.165, 1.54) is 16.6 Å². The maximum absolute atomic E-state index is 12.7. The van der Waals surface area contributed by atoms with Crippen LogP contribution in [-0.4, -0.2) is 20.9 Å². The third-order valence-electron chi connectivity index (χ3n) is 4.61. The minimum atomic E-state index is -0.128. The van der Waals surface area contributed by atoms with E-state index in [0.29, 0.717) is 5.39 Å². The van der Waals surface area contributed by atoms with Crippen LogP contribution >= 0.6 is 11.3 Å². The number of H-pyrrole nitrogens is 1. The molecule has 3 aromatic heterocycles. The fourth-order valence-electron chi connectivity index (χ4n) is 3.07. The van der Waals surface area contributed by atoms with E-state index in [1.54, 1.807) is 17.6 Å². The van der Waals surface area contributed by atoms with Gasteiger partial charge in [0, 0.05) is 27.5 Å². The van der Waals surface area contributed by atoms with Crippen molar-refractivity contribution in [3.8, 4) is 0 Å². The van der Waals surface area contributed by atoms with Gasteiger partial charge >= 0.3 is 0 Å². The first-order chi connectivity index (χ1) is 12.1. The Kier molecular flexibility index (Phi) is 3.77. The molecule has 0 unspecified atom stereocenters. The Morgan fingerprint density at radius 1 is 1.36 bits per heavy atom. The minimum Gasteiger partial charge on any atom is -0.360 e. The first-order valence-corrected chi connectivity index (χ1v) is 9.02. The highest BCUT2D eigenvalue weighted by Crippen LogP contribution is 2.25. The summed E-state index contributed by atoms with van der Waals surface area (Å²) in [5.41, 5.74) is 4.20. The van der Waals surface area contributed by atoms with E-state index in [2.05, 4.69) is 34.1 Å². The predicted octanol–water partition coefficient (Wildman–Crippen LogP) is 4.00. The second-order valence-corrected chi connectivity index (χ2v) is 7.24. The second kappa shape index (κ2) is 5.97. The lowest BCUT2D eigenvalue weighted by molar-refractivity contribution is 0.818. The Morgan fingerprint density at radius 2 is 2.20 bits per heavy atom. The zero-order valence-electron chi connectivity index (χ0n) is 14.3. The van der Waals surface area contributed by atoms with Crippen molar-refractivity contribution in [2.75, 3.05) is 0 Å². The molecule has 4 rings (SSSR count). The topological polar surface area (TPSA) is 63.0 Å². The van der Waals surface area contributed by atoms with E-state index in [0.717, 1.165) is 38.2 Å². The smallest absolute Gasteiger partial charge is 0.282 e. The van der Waals surface area contributed by atoms with Gasteiger partial charge in [0.1, 0.15) is 11.2 Å². The molecule has 0 amide bonds. The number of rotatable bonds is 3. The number of aromatic amines is 1. The first kappa shape index (κ1) is 15.8. The van der Waals surface area contributed by atoms with Gasteiger partial charge in [0.2, 0.25) is 0 Å². The maximum Gasteiger partial charge on any atom is 0.282 e. The van der Waals surface area contributed by atoms with E-state index in [1.807, 2.05) is 26.1 Å². The summed E-state index contributed by atoms with van der Waals surface area (Å²) in [5.74, 6) is 0. The fraction of sp³-hybridized carbons (Fsp3) is 0.211. The summed E-state index contributed by atoms with van der Waals surface area (Å²) in [6.07, 6.45) is 6.08. The number of hydrogen-bond donors (Lipinski definition) is 1. The average molecular weight is 350 g/mol. The van der Waals surface area contributed by atoms with Gasteiger partial charge in [-0.05, 0) is 31.4 Å². The third kappa shape index (κ3) is 2.49. The number of benzene rings is 1. The summed E-state index contributed by atoms with van der Waals surface area (Å²) in [5, 5.41) is 6.12. The number of nitrogens with one attached hydrogen (secondary N) is 1. The molecule has 0 spiro atoms. The SMILES string of the molecule is CCc1cccc2c(/C=N/n3cnc4sc(C)c(C)c4c3=O)c[nH]c12. The monoisotopic (exact) mass is 350 g/mol. The van der Waals surface area contributed by atoms with Gasteiger partial charge < -0.3 is 4.98 Å². The first-order valence-electron chi connectivity index (χ1n) is 8.20. The molecule has 25 heavy (non-hydrogen) atoms. The molecule has 0 fully saturated rings. The Bertz CT molecular complexity index is 1180. The van der Waals surface area contributed by atoms with Crippen molar-refractivity contribution in [2.24, 2.45) is 5.10 Å². The summed E-state index contributed by atoms with van der Waals surface area (Å²) in [6, 6.07) is 6.22. The largest absolute Gasteiger partial charge is 0.360 e. The van der Waals surface area contributed by atoms with Gasteiger partial charge in [-0.2, -0.15) is 9.78 Å². The summed E-state index contributed by atoms with van der Waals surface area (Å²) in [4.78, 5) is 22.3. The number of aromatic nitrogens is 3. The normalized spacial score (nSPS) is 12.0. The van der Waals surface area contributed by atoms with Crippen molar-refractivity contribution in [3.63, 3.8) is 0 Å². The van der Waals surface area contributed by atoms with Gasteiger partial charge in [-0.3, -0.25) is 4.79 Å². The van der Waals surface area contributed by atoms with Gasteiger partial charge in [0.05, 0.1) is 11.6 Å².